The maximum Gasteiger partial charge on any atom is 0.0952 e. The molecule has 1 rings (SSSR count). The highest BCUT2D eigenvalue weighted by atomic mass is 16.5. The fraction of sp³-hybridized carbons (Fsp3) is 0.647. The van der Waals surface area contributed by atoms with Crippen LogP contribution in [0.15, 0.2) is 24.3 Å². The van der Waals surface area contributed by atoms with Gasteiger partial charge in [-0.05, 0) is 44.9 Å². The molecular weight excluding hydrogens is 250 g/mol. The molecule has 20 heavy (non-hydrogen) atoms. The van der Waals surface area contributed by atoms with Crippen LogP contribution in [0.2, 0.25) is 0 Å². The lowest BCUT2D eigenvalue weighted by atomic mass is 10.0. The second kappa shape index (κ2) is 9.92. The average Bonchev–Trinajstić information content (AvgIpc) is 2.42. The van der Waals surface area contributed by atoms with Crippen molar-refractivity contribution in [1.29, 1.82) is 0 Å². The van der Waals surface area contributed by atoms with Gasteiger partial charge >= 0.3 is 0 Å². The lowest BCUT2D eigenvalue weighted by Gasteiger charge is -2.21. The first-order valence-electron chi connectivity index (χ1n) is 7.64. The molecule has 1 aromatic rings. The van der Waals surface area contributed by atoms with Crippen molar-refractivity contribution in [2.24, 2.45) is 0 Å². The maximum absolute atomic E-state index is 6.02. The van der Waals surface area contributed by atoms with Gasteiger partial charge < -0.3 is 14.8 Å². The van der Waals surface area contributed by atoms with E-state index in [1.165, 1.54) is 11.1 Å². The molecule has 3 nitrogen and oxygen atoms in total. The molecule has 0 saturated carbocycles. The predicted molar refractivity (Wildman–Crippen MR) is 84.1 cm³/mol. The van der Waals surface area contributed by atoms with E-state index in [9.17, 15) is 0 Å². The molecule has 0 saturated heterocycles. The van der Waals surface area contributed by atoms with E-state index in [1.807, 2.05) is 13.8 Å². The van der Waals surface area contributed by atoms with Gasteiger partial charge in [-0.2, -0.15) is 0 Å². The molecule has 0 amide bonds. The van der Waals surface area contributed by atoms with Crippen molar-refractivity contribution in [2.75, 3.05) is 26.3 Å². The van der Waals surface area contributed by atoms with Crippen LogP contribution in [0.1, 0.15) is 44.4 Å². The summed E-state index contributed by atoms with van der Waals surface area (Å²) in [7, 11) is 0. The quantitative estimate of drug-likeness (QED) is 0.665. The molecule has 114 valence electrons. The monoisotopic (exact) mass is 279 g/mol. The third kappa shape index (κ3) is 6.51. The van der Waals surface area contributed by atoms with Crippen molar-refractivity contribution in [3.63, 3.8) is 0 Å². The molecule has 0 radical (unpaired) electrons. The van der Waals surface area contributed by atoms with Gasteiger partial charge in [0.2, 0.25) is 0 Å². The minimum Gasteiger partial charge on any atom is -0.376 e. The highest BCUT2D eigenvalue weighted by molar-refractivity contribution is 5.28. The van der Waals surface area contributed by atoms with Gasteiger partial charge in [-0.25, -0.2) is 0 Å². The first-order chi connectivity index (χ1) is 9.65. The third-order valence-electron chi connectivity index (χ3n) is 3.15. The lowest BCUT2D eigenvalue weighted by Crippen LogP contribution is -2.25. The minimum absolute atomic E-state index is 0.0958. The number of benzene rings is 1. The molecule has 0 heterocycles. The molecule has 0 aliphatic carbocycles. The van der Waals surface area contributed by atoms with Crippen molar-refractivity contribution in [3.05, 3.63) is 35.4 Å². The second-order valence-electron chi connectivity index (χ2n) is 5.34. The van der Waals surface area contributed by atoms with Crippen molar-refractivity contribution in [3.8, 4) is 0 Å². The summed E-state index contributed by atoms with van der Waals surface area (Å²) in [4.78, 5) is 0. The fourth-order valence-corrected chi connectivity index (χ4v) is 2.09. The summed E-state index contributed by atoms with van der Waals surface area (Å²) in [6, 6.07) is 8.42. The van der Waals surface area contributed by atoms with E-state index in [-0.39, 0.29) is 12.2 Å². The van der Waals surface area contributed by atoms with Crippen LogP contribution in [0.5, 0.6) is 0 Å². The van der Waals surface area contributed by atoms with Crippen LogP contribution in [0.4, 0.5) is 0 Å². The Morgan fingerprint density at radius 2 is 1.80 bits per heavy atom. The summed E-state index contributed by atoms with van der Waals surface area (Å²) in [5.41, 5.74) is 2.54. The average molecular weight is 279 g/mol. The van der Waals surface area contributed by atoms with Crippen molar-refractivity contribution in [1.82, 2.24) is 5.32 Å². The molecule has 1 atom stereocenters. The SMILES string of the molecule is CCCNCC(OCCOC(C)C)c1ccccc1C. The molecule has 0 bridgehead atoms. The smallest absolute Gasteiger partial charge is 0.0952 e. The van der Waals surface area contributed by atoms with Crippen LogP contribution < -0.4 is 5.32 Å². The number of aryl methyl sites for hydroxylation is 1. The number of rotatable bonds is 10. The standard InChI is InChI=1S/C17H29NO2/c1-5-10-18-13-17(20-12-11-19-14(2)3)16-9-7-6-8-15(16)4/h6-9,14,17-18H,5,10-13H2,1-4H3. The summed E-state index contributed by atoms with van der Waals surface area (Å²) in [6.45, 7) is 11.5. The number of hydrogen-bond donors (Lipinski definition) is 1. The highest BCUT2D eigenvalue weighted by Crippen LogP contribution is 2.20. The number of ether oxygens (including phenoxy) is 2. The Bertz CT molecular complexity index is 366. The Labute approximate surface area is 123 Å². The second-order valence-corrected chi connectivity index (χ2v) is 5.34. The molecule has 0 aromatic heterocycles. The molecule has 3 heteroatoms. The van der Waals surface area contributed by atoms with Crippen LogP contribution >= 0.6 is 0 Å². The Kier molecular flexibility index (Phi) is 8.51. The zero-order valence-corrected chi connectivity index (χ0v) is 13.3. The van der Waals surface area contributed by atoms with Gasteiger partial charge in [-0.15, -0.1) is 0 Å². The summed E-state index contributed by atoms with van der Waals surface area (Å²) in [5, 5.41) is 3.44. The topological polar surface area (TPSA) is 30.5 Å². The van der Waals surface area contributed by atoms with Crippen LogP contribution in [0.3, 0.4) is 0 Å². The Morgan fingerprint density at radius 1 is 1.10 bits per heavy atom. The molecular formula is C17H29NO2. The van der Waals surface area contributed by atoms with Gasteiger partial charge in [0.15, 0.2) is 0 Å². The van der Waals surface area contributed by atoms with Crippen molar-refractivity contribution in [2.45, 2.75) is 46.3 Å². The van der Waals surface area contributed by atoms with Gasteiger partial charge in [-0.3, -0.25) is 0 Å². The first kappa shape index (κ1) is 17.2. The summed E-state index contributed by atoms with van der Waals surface area (Å²) in [6.07, 6.45) is 1.49. The fourth-order valence-electron chi connectivity index (χ4n) is 2.09. The zero-order chi connectivity index (χ0) is 14.8. The van der Waals surface area contributed by atoms with Gasteiger partial charge in [0, 0.05) is 6.54 Å². The van der Waals surface area contributed by atoms with E-state index >= 15 is 0 Å². The van der Waals surface area contributed by atoms with E-state index in [0.29, 0.717) is 13.2 Å². The summed E-state index contributed by atoms with van der Waals surface area (Å²) in [5.74, 6) is 0. The van der Waals surface area contributed by atoms with E-state index in [1.54, 1.807) is 0 Å². The van der Waals surface area contributed by atoms with Crippen LogP contribution in [0.25, 0.3) is 0 Å². The van der Waals surface area contributed by atoms with Gasteiger partial charge in [0.25, 0.3) is 0 Å². The van der Waals surface area contributed by atoms with Crippen LogP contribution in [-0.2, 0) is 9.47 Å². The molecule has 1 unspecified atom stereocenters. The van der Waals surface area contributed by atoms with Crippen LogP contribution in [0, 0.1) is 6.92 Å². The minimum atomic E-state index is 0.0958. The third-order valence-corrected chi connectivity index (χ3v) is 3.15. The molecule has 0 aliphatic rings. The van der Waals surface area contributed by atoms with Crippen molar-refractivity contribution < 1.29 is 9.47 Å². The Morgan fingerprint density at radius 3 is 2.45 bits per heavy atom. The molecule has 0 spiro atoms. The Hall–Kier alpha value is -0.900. The molecule has 0 aliphatic heterocycles. The Balaban J connectivity index is 2.54. The number of hydrogen-bond acceptors (Lipinski definition) is 3. The van der Waals surface area contributed by atoms with E-state index in [4.69, 9.17) is 9.47 Å². The van der Waals surface area contributed by atoms with E-state index < -0.39 is 0 Å². The zero-order valence-electron chi connectivity index (χ0n) is 13.3. The van der Waals surface area contributed by atoms with Gasteiger partial charge in [-0.1, -0.05) is 31.2 Å². The van der Waals surface area contributed by atoms with Gasteiger partial charge in [0.05, 0.1) is 25.4 Å². The number of nitrogens with one attached hydrogen (secondary N) is 1. The highest BCUT2D eigenvalue weighted by Gasteiger charge is 2.13. The van der Waals surface area contributed by atoms with Crippen LogP contribution in [-0.4, -0.2) is 32.4 Å². The summed E-state index contributed by atoms with van der Waals surface area (Å²) >= 11 is 0. The van der Waals surface area contributed by atoms with Crippen molar-refractivity contribution >= 4 is 0 Å². The van der Waals surface area contributed by atoms with E-state index in [0.717, 1.165) is 19.5 Å². The molecule has 1 N–H and O–H groups in total. The first-order valence-corrected chi connectivity index (χ1v) is 7.64. The predicted octanol–water partition coefficient (Wildman–Crippen LogP) is 3.48. The molecule has 0 fully saturated rings. The van der Waals surface area contributed by atoms with E-state index in [2.05, 4.69) is 43.4 Å². The molecule has 1 aromatic carbocycles. The largest absolute Gasteiger partial charge is 0.376 e. The normalized spacial score (nSPS) is 12.8. The summed E-state index contributed by atoms with van der Waals surface area (Å²) < 4.78 is 11.6. The van der Waals surface area contributed by atoms with Gasteiger partial charge in [0.1, 0.15) is 0 Å². The lowest BCUT2D eigenvalue weighted by molar-refractivity contribution is -0.0131. The maximum atomic E-state index is 6.02.